The van der Waals surface area contributed by atoms with E-state index in [1.165, 1.54) is 0 Å². The standard InChI is InChI=1S/C15H18O4/c1-18-14-6-10-4-5-19-13(10)7-12(14)11(8-15(16)17)9-2-3-9/h6-7,9,11H,2-5,8H2,1H3,(H,16,17). The van der Waals surface area contributed by atoms with Crippen molar-refractivity contribution >= 4 is 5.97 Å². The zero-order valence-corrected chi connectivity index (χ0v) is 11.0. The Morgan fingerprint density at radius 1 is 1.53 bits per heavy atom. The topological polar surface area (TPSA) is 55.8 Å². The maximum absolute atomic E-state index is 11.1. The molecule has 1 fully saturated rings. The van der Waals surface area contributed by atoms with Crippen molar-refractivity contribution in [2.45, 2.75) is 31.6 Å². The average Bonchev–Trinajstić information content (AvgIpc) is 3.12. The van der Waals surface area contributed by atoms with E-state index in [1.54, 1.807) is 7.11 Å². The third kappa shape index (κ3) is 2.39. The smallest absolute Gasteiger partial charge is 0.303 e. The molecule has 0 bridgehead atoms. The van der Waals surface area contributed by atoms with Gasteiger partial charge in [0.1, 0.15) is 11.5 Å². The fraction of sp³-hybridized carbons (Fsp3) is 0.533. The first-order valence-electron chi connectivity index (χ1n) is 6.74. The molecule has 1 aromatic rings. The number of rotatable bonds is 5. The van der Waals surface area contributed by atoms with Gasteiger partial charge in [0.05, 0.1) is 20.1 Å². The van der Waals surface area contributed by atoms with Crippen LogP contribution in [0.25, 0.3) is 0 Å². The quantitative estimate of drug-likeness (QED) is 0.886. The molecule has 1 saturated carbocycles. The monoisotopic (exact) mass is 262 g/mol. The van der Waals surface area contributed by atoms with Gasteiger partial charge in [-0.25, -0.2) is 0 Å². The molecule has 1 atom stereocenters. The predicted octanol–water partition coefficient (Wildman–Crippen LogP) is 2.60. The Morgan fingerprint density at radius 2 is 2.32 bits per heavy atom. The highest BCUT2D eigenvalue weighted by Gasteiger charge is 2.36. The molecule has 1 aromatic carbocycles. The number of aliphatic carboxylic acids is 1. The molecular formula is C15H18O4. The fourth-order valence-corrected chi connectivity index (χ4v) is 2.90. The summed E-state index contributed by atoms with van der Waals surface area (Å²) in [6.45, 7) is 0.703. The zero-order valence-electron chi connectivity index (χ0n) is 11.0. The number of hydrogen-bond donors (Lipinski definition) is 1. The van der Waals surface area contributed by atoms with Crippen LogP contribution in [0, 0.1) is 5.92 Å². The number of carbonyl (C=O) groups is 1. The Kier molecular flexibility index (Phi) is 3.09. The molecule has 1 aliphatic carbocycles. The first-order valence-corrected chi connectivity index (χ1v) is 6.74. The fourth-order valence-electron chi connectivity index (χ4n) is 2.90. The van der Waals surface area contributed by atoms with Crippen LogP contribution in [0.15, 0.2) is 12.1 Å². The summed E-state index contributed by atoms with van der Waals surface area (Å²) in [5.74, 6) is 1.47. The Morgan fingerprint density at radius 3 is 2.95 bits per heavy atom. The Labute approximate surface area is 112 Å². The molecule has 4 nitrogen and oxygen atoms in total. The second kappa shape index (κ2) is 4.76. The van der Waals surface area contributed by atoms with E-state index >= 15 is 0 Å². The third-order valence-corrected chi connectivity index (χ3v) is 4.03. The summed E-state index contributed by atoms with van der Waals surface area (Å²) in [6, 6.07) is 4.00. The summed E-state index contributed by atoms with van der Waals surface area (Å²) in [7, 11) is 1.64. The van der Waals surface area contributed by atoms with Gasteiger partial charge in [-0.05, 0) is 30.9 Å². The van der Waals surface area contributed by atoms with Gasteiger partial charge in [0.2, 0.25) is 0 Å². The minimum Gasteiger partial charge on any atom is -0.496 e. The van der Waals surface area contributed by atoms with Gasteiger partial charge in [0.25, 0.3) is 0 Å². The number of carboxylic acids is 1. The highest BCUT2D eigenvalue weighted by atomic mass is 16.5. The van der Waals surface area contributed by atoms with Gasteiger partial charge in [0.15, 0.2) is 0 Å². The second-order valence-corrected chi connectivity index (χ2v) is 5.34. The molecule has 102 valence electrons. The molecule has 0 aromatic heterocycles. The lowest BCUT2D eigenvalue weighted by molar-refractivity contribution is -0.137. The number of hydrogen-bond acceptors (Lipinski definition) is 3. The molecule has 0 saturated heterocycles. The lowest BCUT2D eigenvalue weighted by Gasteiger charge is -2.19. The van der Waals surface area contributed by atoms with Crippen LogP contribution in [-0.2, 0) is 11.2 Å². The third-order valence-electron chi connectivity index (χ3n) is 4.03. The molecule has 1 aliphatic heterocycles. The first-order chi connectivity index (χ1) is 9.19. The first kappa shape index (κ1) is 12.3. The maximum Gasteiger partial charge on any atom is 0.303 e. The van der Waals surface area contributed by atoms with Crippen molar-refractivity contribution in [3.8, 4) is 11.5 Å². The Bertz CT molecular complexity index is 505. The van der Waals surface area contributed by atoms with Gasteiger partial charge in [-0.2, -0.15) is 0 Å². The lowest BCUT2D eigenvalue weighted by atomic mass is 9.89. The van der Waals surface area contributed by atoms with Crippen molar-refractivity contribution in [1.82, 2.24) is 0 Å². The van der Waals surface area contributed by atoms with Gasteiger partial charge in [-0.15, -0.1) is 0 Å². The largest absolute Gasteiger partial charge is 0.496 e. The van der Waals surface area contributed by atoms with Crippen LogP contribution in [-0.4, -0.2) is 24.8 Å². The van der Waals surface area contributed by atoms with Gasteiger partial charge >= 0.3 is 5.97 Å². The van der Waals surface area contributed by atoms with Gasteiger partial charge in [-0.1, -0.05) is 0 Å². The minimum absolute atomic E-state index is 0.0435. The van der Waals surface area contributed by atoms with Crippen molar-refractivity contribution in [3.05, 3.63) is 23.3 Å². The molecule has 3 rings (SSSR count). The van der Waals surface area contributed by atoms with Gasteiger partial charge in [0, 0.05) is 23.5 Å². The second-order valence-electron chi connectivity index (χ2n) is 5.34. The molecule has 0 amide bonds. The summed E-state index contributed by atoms with van der Waals surface area (Å²) < 4.78 is 11.1. The van der Waals surface area contributed by atoms with Crippen LogP contribution in [0.3, 0.4) is 0 Å². The van der Waals surface area contributed by atoms with Gasteiger partial charge in [-0.3, -0.25) is 4.79 Å². The van der Waals surface area contributed by atoms with E-state index in [-0.39, 0.29) is 12.3 Å². The number of fused-ring (bicyclic) bond motifs is 1. The summed E-state index contributed by atoms with van der Waals surface area (Å²) >= 11 is 0. The van der Waals surface area contributed by atoms with Crippen LogP contribution in [0.4, 0.5) is 0 Å². The lowest BCUT2D eigenvalue weighted by Crippen LogP contribution is -2.10. The molecule has 19 heavy (non-hydrogen) atoms. The van der Waals surface area contributed by atoms with E-state index < -0.39 is 5.97 Å². The van der Waals surface area contributed by atoms with Crippen LogP contribution >= 0.6 is 0 Å². The Balaban J connectivity index is 1.99. The predicted molar refractivity (Wildman–Crippen MR) is 69.9 cm³/mol. The van der Waals surface area contributed by atoms with Crippen molar-refractivity contribution in [1.29, 1.82) is 0 Å². The van der Waals surface area contributed by atoms with E-state index in [0.717, 1.165) is 41.9 Å². The summed E-state index contributed by atoms with van der Waals surface area (Å²) in [5.41, 5.74) is 2.15. The normalized spacial score (nSPS) is 18.6. The molecule has 1 unspecified atom stereocenters. The number of benzene rings is 1. The molecular weight excluding hydrogens is 244 g/mol. The number of ether oxygens (including phenoxy) is 2. The van der Waals surface area contributed by atoms with Gasteiger partial charge < -0.3 is 14.6 Å². The molecule has 0 radical (unpaired) electrons. The van der Waals surface area contributed by atoms with Crippen LogP contribution in [0.2, 0.25) is 0 Å². The summed E-state index contributed by atoms with van der Waals surface area (Å²) in [5, 5.41) is 9.11. The van der Waals surface area contributed by atoms with Crippen molar-refractivity contribution < 1.29 is 19.4 Å². The van der Waals surface area contributed by atoms with E-state index in [1.807, 2.05) is 12.1 Å². The highest BCUT2D eigenvalue weighted by Crippen LogP contribution is 2.48. The molecule has 1 N–H and O–H groups in total. The summed E-state index contributed by atoms with van der Waals surface area (Å²) in [4.78, 5) is 11.1. The molecule has 2 aliphatic rings. The number of carboxylic acid groups (broad SMARTS) is 1. The summed E-state index contributed by atoms with van der Waals surface area (Å²) in [6.07, 6.45) is 3.29. The van der Waals surface area contributed by atoms with Crippen molar-refractivity contribution in [2.75, 3.05) is 13.7 Å². The zero-order chi connectivity index (χ0) is 13.4. The van der Waals surface area contributed by atoms with Crippen LogP contribution in [0.5, 0.6) is 11.5 Å². The van der Waals surface area contributed by atoms with Crippen molar-refractivity contribution in [3.63, 3.8) is 0 Å². The van der Waals surface area contributed by atoms with E-state index in [9.17, 15) is 4.79 Å². The molecule has 4 heteroatoms. The maximum atomic E-state index is 11.1. The van der Waals surface area contributed by atoms with E-state index in [4.69, 9.17) is 14.6 Å². The molecule has 0 spiro atoms. The Hall–Kier alpha value is -1.71. The minimum atomic E-state index is -0.750. The van der Waals surface area contributed by atoms with Crippen molar-refractivity contribution in [2.24, 2.45) is 5.92 Å². The van der Waals surface area contributed by atoms with E-state index in [2.05, 4.69) is 0 Å². The SMILES string of the molecule is COc1cc2c(cc1C(CC(=O)O)C1CC1)OCC2. The van der Waals surface area contributed by atoms with Crippen LogP contribution in [0.1, 0.15) is 36.3 Å². The van der Waals surface area contributed by atoms with Crippen LogP contribution < -0.4 is 9.47 Å². The van der Waals surface area contributed by atoms with E-state index in [0.29, 0.717) is 12.5 Å². The number of methoxy groups -OCH3 is 1. The highest BCUT2D eigenvalue weighted by molar-refractivity contribution is 5.69. The molecule has 1 heterocycles. The average molecular weight is 262 g/mol.